The second-order valence-corrected chi connectivity index (χ2v) is 3.85. The predicted octanol–water partition coefficient (Wildman–Crippen LogP) is 1.70. The van der Waals surface area contributed by atoms with Gasteiger partial charge in [-0.05, 0) is 19.8 Å². The first-order valence-corrected chi connectivity index (χ1v) is 5.40. The van der Waals surface area contributed by atoms with Crippen molar-refractivity contribution in [2.24, 2.45) is 5.92 Å². The van der Waals surface area contributed by atoms with Gasteiger partial charge in [0.25, 0.3) is 0 Å². The van der Waals surface area contributed by atoms with Gasteiger partial charge in [0.05, 0.1) is 0 Å². The molecule has 0 aromatic carbocycles. The van der Waals surface area contributed by atoms with Gasteiger partial charge in [-0.3, -0.25) is 14.4 Å². The number of unbranched alkanes of at least 4 members (excludes halogenated alkanes) is 3. The molecular weight excluding hydrogens is 212 g/mol. The van der Waals surface area contributed by atoms with E-state index in [0.29, 0.717) is 19.3 Å². The van der Waals surface area contributed by atoms with E-state index in [9.17, 15) is 14.4 Å². The SMILES string of the molecule is CC(=O)C(CCCCCCC(=O)O)C(=O)O. The highest BCUT2D eigenvalue weighted by atomic mass is 16.4. The molecule has 0 fully saturated rings. The van der Waals surface area contributed by atoms with E-state index in [-0.39, 0.29) is 12.2 Å². The average molecular weight is 230 g/mol. The zero-order valence-electron chi connectivity index (χ0n) is 9.44. The topological polar surface area (TPSA) is 91.7 Å². The summed E-state index contributed by atoms with van der Waals surface area (Å²) < 4.78 is 0. The summed E-state index contributed by atoms with van der Waals surface area (Å²) in [5, 5.41) is 17.1. The summed E-state index contributed by atoms with van der Waals surface area (Å²) in [6.07, 6.45) is 3.27. The van der Waals surface area contributed by atoms with Crippen molar-refractivity contribution < 1.29 is 24.6 Å². The maximum Gasteiger partial charge on any atom is 0.314 e. The van der Waals surface area contributed by atoms with E-state index in [4.69, 9.17) is 10.2 Å². The minimum atomic E-state index is -1.07. The summed E-state index contributed by atoms with van der Waals surface area (Å²) in [7, 11) is 0. The van der Waals surface area contributed by atoms with Gasteiger partial charge in [0.2, 0.25) is 0 Å². The third-order valence-corrected chi connectivity index (χ3v) is 2.42. The van der Waals surface area contributed by atoms with Gasteiger partial charge in [-0.15, -0.1) is 0 Å². The van der Waals surface area contributed by atoms with Gasteiger partial charge < -0.3 is 10.2 Å². The third-order valence-electron chi connectivity index (χ3n) is 2.42. The van der Waals surface area contributed by atoms with Gasteiger partial charge in [-0.25, -0.2) is 0 Å². The highest BCUT2D eigenvalue weighted by molar-refractivity contribution is 5.96. The van der Waals surface area contributed by atoms with Crippen LogP contribution in [0, 0.1) is 5.92 Å². The number of hydrogen-bond acceptors (Lipinski definition) is 3. The van der Waals surface area contributed by atoms with Crippen molar-refractivity contribution in [1.82, 2.24) is 0 Å². The summed E-state index contributed by atoms with van der Waals surface area (Å²) in [6, 6.07) is 0. The second-order valence-electron chi connectivity index (χ2n) is 3.85. The molecule has 0 heterocycles. The Kier molecular flexibility index (Phi) is 7.16. The third kappa shape index (κ3) is 6.98. The number of carbonyl (C=O) groups is 3. The lowest BCUT2D eigenvalue weighted by atomic mass is 9.97. The van der Waals surface area contributed by atoms with Crippen molar-refractivity contribution in [1.29, 1.82) is 0 Å². The predicted molar refractivity (Wildman–Crippen MR) is 57.1 cm³/mol. The van der Waals surface area contributed by atoms with Crippen LogP contribution in [0.15, 0.2) is 0 Å². The molecule has 1 atom stereocenters. The minimum absolute atomic E-state index is 0.148. The molecule has 5 heteroatoms. The normalized spacial score (nSPS) is 12.1. The monoisotopic (exact) mass is 230 g/mol. The van der Waals surface area contributed by atoms with Crippen LogP contribution in [0.1, 0.15) is 45.4 Å². The van der Waals surface area contributed by atoms with Crippen molar-refractivity contribution >= 4 is 17.7 Å². The van der Waals surface area contributed by atoms with E-state index in [1.165, 1.54) is 6.92 Å². The van der Waals surface area contributed by atoms with Crippen molar-refractivity contribution in [3.05, 3.63) is 0 Å². The Hall–Kier alpha value is -1.39. The zero-order chi connectivity index (χ0) is 12.6. The number of carbonyl (C=O) groups excluding carboxylic acids is 1. The fourth-order valence-electron chi connectivity index (χ4n) is 1.48. The van der Waals surface area contributed by atoms with Crippen LogP contribution in [0.25, 0.3) is 0 Å². The molecule has 0 radical (unpaired) electrons. The Morgan fingerprint density at radius 2 is 1.56 bits per heavy atom. The second kappa shape index (κ2) is 7.84. The molecule has 0 spiro atoms. The highest BCUT2D eigenvalue weighted by Gasteiger charge is 2.21. The van der Waals surface area contributed by atoms with Crippen LogP contribution in [-0.2, 0) is 14.4 Å². The van der Waals surface area contributed by atoms with Gasteiger partial charge in [-0.1, -0.05) is 19.3 Å². The quantitative estimate of drug-likeness (QED) is 0.464. The van der Waals surface area contributed by atoms with Gasteiger partial charge in [0.1, 0.15) is 11.7 Å². The first kappa shape index (κ1) is 14.6. The van der Waals surface area contributed by atoms with E-state index in [1.807, 2.05) is 0 Å². The lowest BCUT2D eigenvalue weighted by molar-refractivity contribution is -0.146. The maximum absolute atomic E-state index is 10.9. The standard InChI is InChI=1S/C11H18O5/c1-8(12)9(11(15)16)6-4-2-3-5-7-10(13)14/h9H,2-7H2,1H3,(H,13,14)(H,15,16). The molecule has 0 aliphatic rings. The highest BCUT2D eigenvalue weighted by Crippen LogP contribution is 2.13. The van der Waals surface area contributed by atoms with Gasteiger partial charge in [0, 0.05) is 6.42 Å². The molecule has 92 valence electrons. The van der Waals surface area contributed by atoms with Crippen LogP contribution in [0.4, 0.5) is 0 Å². The van der Waals surface area contributed by atoms with Crippen molar-refractivity contribution in [2.45, 2.75) is 45.4 Å². The van der Waals surface area contributed by atoms with E-state index >= 15 is 0 Å². The molecule has 0 aromatic heterocycles. The smallest absolute Gasteiger partial charge is 0.314 e. The molecule has 0 aliphatic heterocycles. The number of hydrogen-bond donors (Lipinski definition) is 2. The maximum atomic E-state index is 10.9. The summed E-state index contributed by atoms with van der Waals surface area (Å²) in [5.74, 6) is -3.11. The number of aliphatic carboxylic acids is 2. The largest absolute Gasteiger partial charge is 0.481 e. The first-order chi connectivity index (χ1) is 7.45. The van der Waals surface area contributed by atoms with Crippen LogP contribution in [0.3, 0.4) is 0 Å². The average Bonchev–Trinajstić information content (AvgIpc) is 2.14. The summed E-state index contributed by atoms with van der Waals surface area (Å²) in [4.78, 5) is 31.8. The Morgan fingerprint density at radius 1 is 1.00 bits per heavy atom. The molecule has 5 nitrogen and oxygen atoms in total. The summed E-state index contributed by atoms with van der Waals surface area (Å²) in [6.45, 7) is 1.28. The lowest BCUT2D eigenvalue weighted by Crippen LogP contribution is -2.21. The summed E-state index contributed by atoms with van der Waals surface area (Å²) >= 11 is 0. The lowest BCUT2D eigenvalue weighted by Gasteiger charge is -2.07. The van der Waals surface area contributed by atoms with Gasteiger partial charge in [0.15, 0.2) is 0 Å². The van der Waals surface area contributed by atoms with Crippen molar-refractivity contribution in [2.75, 3.05) is 0 Å². The molecule has 0 saturated carbocycles. The molecule has 2 N–H and O–H groups in total. The number of ketones is 1. The number of carboxylic acids is 2. The molecule has 0 rings (SSSR count). The Balaban J connectivity index is 3.60. The van der Waals surface area contributed by atoms with Crippen LogP contribution < -0.4 is 0 Å². The van der Waals surface area contributed by atoms with E-state index in [1.54, 1.807) is 0 Å². The van der Waals surface area contributed by atoms with E-state index in [0.717, 1.165) is 12.8 Å². The van der Waals surface area contributed by atoms with Gasteiger partial charge in [-0.2, -0.15) is 0 Å². The minimum Gasteiger partial charge on any atom is -0.481 e. The molecule has 1 unspecified atom stereocenters. The fraction of sp³-hybridized carbons (Fsp3) is 0.727. The Bertz CT molecular complexity index is 245. The fourth-order valence-corrected chi connectivity index (χ4v) is 1.48. The zero-order valence-corrected chi connectivity index (χ0v) is 9.44. The van der Waals surface area contributed by atoms with Crippen LogP contribution in [0.5, 0.6) is 0 Å². The van der Waals surface area contributed by atoms with Gasteiger partial charge >= 0.3 is 11.9 Å². The Morgan fingerprint density at radius 3 is 2.00 bits per heavy atom. The van der Waals surface area contributed by atoms with Crippen molar-refractivity contribution in [3.63, 3.8) is 0 Å². The Labute approximate surface area is 94.5 Å². The molecule has 16 heavy (non-hydrogen) atoms. The molecule has 0 amide bonds. The molecule has 0 aliphatic carbocycles. The number of Topliss-reactive ketones (excluding diaryl/α,β-unsaturated/α-hetero) is 1. The molecular formula is C11H18O5. The number of rotatable bonds is 9. The van der Waals surface area contributed by atoms with E-state index < -0.39 is 17.9 Å². The van der Waals surface area contributed by atoms with Crippen LogP contribution in [0.2, 0.25) is 0 Å². The summed E-state index contributed by atoms with van der Waals surface area (Å²) in [5.41, 5.74) is 0. The van der Waals surface area contributed by atoms with Crippen LogP contribution >= 0.6 is 0 Å². The van der Waals surface area contributed by atoms with Crippen LogP contribution in [-0.4, -0.2) is 27.9 Å². The number of carboxylic acid groups (broad SMARTS) is 2. The molecule has 0 saturated heterocycles. The van der Waals surface area contributed by atoms with Crippen molar-refractivity contribution in [3.8, 4) is 0 Å². The molecule has 0 aromatic rings. The first-order valence-electron chi connectivity index (χ1n) is 5.40. The molecule has 0 bridgehead atoms. The van der Waals surface area contributed by atoms with E-state index in [2.05, 4.69) is 0 Å².